The van der Waals surface area contributed by atoms with Crippen LogP contribution in [0.4, 0.5) is 8.78 Å². The van der Waals surface area contributed by atoms with Crippen LogP contribution in [0.1, 0.15) is 67.6 Å². The molecule has 2 aromatic rings. The molecule has 0 amide bonds. The van der Waals surface area contributed by atoms with Crippen molar-refractivity contribution >= 4 is 17.3 Å². The predicted octanol–water partition coefficient (Wildman–Crippen LogP) is 5.46. The molecule has 3 nitrogen and oxygen atoms in total. The van der Waals surface area contributed by atoms with Crippen LogP contribution in [-0.2, 0) is 28.9 Å². The molecule has 0 aromatic heterocycles. The topological polar surface area (TPSA) is 51.2 Å². The molecule has 164 valence electrons. The van der Waals surface area contributed by atoms with Crippen LogP contribution < -0.4 is 0 Å². The zero-order valence-electron chi connectivity index (χ0n) is 18.5. The van der Waals surface area contributed by atoms with E-state index in [9.17, 15) is 23.2 Å². The van der Waals surface area contributed by atoms with Gasteiger partial charge in [0, 0.05) is 11.0 Å². The molecule has 5 heteroatoms. The van der Waals surface area contributed by atoms with E-state index in [1.807, 2.05) is 19.9 Å². The fourth-order valence-corrected chi connectivity index (χ4v) is 4.88. The summed E-state index contributed by atoms with van der Waals surface area (Å²) in [5, 5.41) is 0. The van der Waals surface area contributed by atoms with Gasteiger partial charge in [-0.1, -0.05) is 19.9 Å². The Morgan fingerprint density at radius 2 is 1.39 bits per heavy atom. The van der Waals surface area contributed by atoms with Gasteiger partial charge in [-0.25, -0.2) is 8.78 Å². The average molecular weight is 427 g/mol. The quantitative estimate of drug-likeness (QED) is 0.610. The Hall–Kier alpha value is -2.69. The lowest BCUT2D eigenvalue weighted by Crippen LogP contribution is -2.34. The van der Waals surface area contributed by atoms with Crippen molar-refractivity contribution < 1.29 is 23.2 Å². The maximum Gasteiger partial charge on any atom is 0.176 e. The van der Waals surface area contributed by atoms with E-state index in [0.29, 0.717) is 30.4 Å². The van der Waals surface area contributed by atoms with Crippen molar-refractivity contribution in [3.63, 3.8) is 0 Å². The van der Waals surface area contributed by atoms with Gasteiger partial charge in [-0.3, -0.25) is 14.4 Å². The number of carbonyl (C=O) groups is 3. The zero-order valence-corrected chi connectivity index (χ0v) is 18.5. The number of hydrogen-bond acceptors (Lipinski definition) is 3. The molecule has 2 unspecified atom stereocenters. The lowest BCUT2D eigenvalue weighted by molar-refractivity contribution is -0.126. The van der Waals surface area contributed by atoms with Gasteiger partial charge in [-0.05, 0) is 93.0 Å². The van der Waals surface area contributed by atoms with Gasteiger partial charge in [0.15, 0.2) is 5.78 Å². The van der Waals surface area contributed by atoms with Crippen LogP contribution in [0, 0.1) is 22.5 Å². The highest BCUT2D eigenvalue weighted by Gasteiger charge is 2.47. The summed E-state index contributed by atoms with van der Waals surface area (Å²) in [6.07, 6.45) is 3.11. The standard InChI is InChI=1S/C13H13FO2.C13H15FO/c1-3-13(8(2)15)7-9-6-10(14)4-5-11(9)12(13)16;1-3-13(9(2)15)7-10-4-5-12(14)6-11(10)8-13/h4-6H,3,7H2,1-2H3;4-6H,3,7-8H2,1-2H3. The van der Waals surface area contributed by atoms with Crippen molar-refractivity contribution in [2.75, 3.05) is 0 Å². The molecule has 0 radical (unpaired) electrons. The molecule has 0 N–H and O–H groups in total. The second-order valence-corrected chi connectivity index (χ2v) is 8.76. The number of rotatable bonds is 4. The van der Waals surface area contributed by atoms with Gasteiger partial charge in [0.05, 0.1) is 5.41 Å². The normalized spacial score (nSPS) is 23.6. The van der Waals surface area contributed by atoms with Gasteiger partial charge in [-0.2, -0.15) is 0 Å². The van der Waals surface area contributed by atoms with Crippen molar-refractivity contribution in [3.8, 4) is 0 Å². The van der Waals surface area contributed by atoms with Crippen LogP contribution in [0.5, 0.6) is 0 Å². The number of ketones is 3. The SMILES string of the molecule is CCC1(C(C)=O)Cc2cc(F)ccc2C1=O.CCC1(C(C)=O)Cc2ccc(F)cc2C1. The summed E-state index contributed by atoms with van der Waals surface area (Å²) in [5.41, 5.74) is 2.08. The van der Waals surface area contributed by atoms with E-state index in [4.69, 9.17) is 0 Å². The molecular weight excluding hydrogens is 398 g/mol. The molecule has 0 saturated heterocycles. The maximum atomic E-state index is 13.0. The van der Waals surface area contributed by atoms with Crippen molar-refractivity contribution in [3.05, 3.63) is 70.3 Å². The summed E-state index contributed by atoms with van der Waals surface area (Å²) >= 11 is 0. The Morgan fingerprint density at radius 1 is 0.806 bits per heavy atom. The highest BCUT2D eigenvalue weighted by Crippen LogP contribution is 2.41. The number of hydrogen-bond donors (Lipinski definition) is 0. The Labute approximate surface area is 181 Å². The predicted molar refractivity (Wildman–Crippen MR) is 115 cm³/mol. The van der Waals surface area contributed by atoms with Crippen LogP contribution in [0.3, 0.4) is 0 Å². The highest BCUT2D eigenvalue weighted by atomic mass is 19.1. The molecular formula is C26H28F2O3. The average Bonchev–Trinajstić information content (AvgIpc) is 3.24. The lowest BCUT2D eigenvalue weighted by Gasteiger charge is -2.23. The van der Waals surface area contributed by atoms with Crippen LogP contribution in [-0.4, -0.2) is 17.3 Å². The van der Waals surface area contributed by atoms with Crippen molar-refractivity contribution in [2.45, 2.75) is 59.8 Å². The molecule has 2 atom stereocenters. The molecule has 4 rings (SSSR count). The van der Waals surface area contributed by atoms with Gasteiger partial charge >= 0.3 is 0 Å². The largest absolute Gasteiger partial charge is 0.299 e. The smallest absolute Gasteiger partial charge is 0.176 e. The minimum absolute atomic E-state index is 0.128. The van der Waals surface area contributed by atoms with Crippen LogP contribution in [0.15, 0.2) is 36.4 Å². The van der Waals surface area contributed by atoms with Gasteiger partial charge < -0.3 is 0 Å². The first-order valence-corrected chi connectivity index (χ1v) is 10.7. The first-order valence-electron chi connectivity index (χ1n) is 10.7. The zero-order chi connectivity index (χ0) is 23.0. The molecule has 0 aliphatic heterocycles. The molecule has 0 fully saturated rings. The van der Waals surface area contributed by atoms with Crippen LogP contribution in [0.25, 0.3) is 0 Å². The number of benzene rings is 2. The second-order valence-electron chi connectivity index (χ2n) is 8.76. The van der Waals surface area contributed by atoms with Crippen LogP contribution in [0.2, 0.25) is 0 Å². The third kappa shape index (κ3) is 3.98. The van der Waals surface area contributed by atoms with E-state index >= 15 is 0 Å². The Balaban J connectivity index is 0.000000176. The monoisotopic (exact) mass is 426 g/mol. The van der Waals surface area contributed by atoms with Crippen molar-refractivity contribution in [1.82, 2.24) is 0 Å². The molecule has 2 aliphatic carbocycles. The summed E-state index contributed by atoms with van der Waals surface area (Å²) in [4.78, 5) is 35.5. The fourth-order valence-electron chi connectivity index (χ4n) is 4.88. The molecule has 0 bridgehead atoms. The Kier molecular flexibility index (Phi) is 6.26. The van der Waals surface area contributed by atoms with Gasteiger partial charge in [0.1, 0.15) is 23.2 Å². The van der Waals surface area contributed by atoms with Crippen LogP contribution >= 0.6 is 0 Å². The number of fused-ring (bicyclic) bond motifs is 2. The summed E-state index contributed by atoms with van der Waals surface area (Å²) in [5.74, 6) is -0.623. The van der Waals surface area contributed by atoms with E-state index in [-0.39, 0.29) is 34.4 Å². The van der Waals surface area contributed by atoms with Gasteiger partial charge in [0.2, 0.25) is 0 Å². The fraction of sp³-hybridized carbons (Fsp3) is 0.423. The summed E-state index contributed by atoms with van der Waals surface area (Å²) in [7, 11) is 0. The van der Waals surface area contributed by atoms with Crippen molar-refractivity contribution in [2.24, 2.45) is 10.8 Å². The first kappa shape index (κ1) is 23.0. The Bertz CT molecular complexity index is 1060. The summed E-state index contributed by atoms with van der Waals surface area (Å²) < 4.78 is 26.1. The van der Waals surface area contributed by atoms with Gasteiger partial charge in [-0.15, -0.1) is 0 Å². The third-order valence-electron chi connectivity index (χ3n) is 7.17. The molecule has 2 aliphatic rings. The summed E-state index contributed by atoms with van der Waals surface area (Å²) in [6.45, 7) is 6.93. The second kappa shape index (κ2) is 8.45. The summed E-state index contributed by atoms with van der Waals surface area (Å²) in [6, 6.07) is 8.95. The first-order chi connectivity index (χ1) is 14.6. The maximum absolute atomic E-state index is 13.0. The third-order valence-corrected chi connectivity index (χ3v) is 7.17. The highest BCUT2D eigenvalue weighted by molar-refractivity contribution is 6.17. The van der Waals surface area contributed by atoms with Gasteiger partial charge in [0.25, 0.3) is 0 Å². The van der Waals surface area contributed by atoms with E-state index in [1.165, 1.54) is 31.2 Å². The number of Topliss-reactive ketones (excluding diaryl/α,β-unsaturated/α-hetero) is 3. The molecule has 0 heterocycles. The minimum atomic E-state index is -0.948. The van der Waals surface area contributed by atoms with E-state index < -0.39 is 5.41 Å². The Morgan fingerprint density at radius 3 is 1.94 bits per heavy atom. The number of carbonyl (C=O) groups excluding carboxylic acids is 3. The van der Waals surface area contributed by atoms with E-state index in [2.05, 4.69) is 0 Å². The molecule has 0 spiro atoms. The minimum Gasteiger partial charge on any atom is -0.299 e. The van der Waals surface area contributed by atoms with Crippen molar-refractivity contribution in [1.29, 1.82) is 0 Å². The molecule has 2 aromatic carbocycles. The molecule has 0 saturated carbocycles. The molecule has 31 heavy (non-hydrogen) atoms. The lowest BCUT2D eigenvalue weighted by atomic mass is 9.78. The van der Waals surface area contributed by atoms with E-state index in [0.717, 1.165) is 24.0 Å². The number of halogens is 2. The van der Waals surface area contributed by atoms with E-state index in [1.54, 1.807) is 13.0 Å².